The van der Waals surface area contributed by atoms with Gasteiger partial charge in [0, 0.05) is 23.2 Å². The van der Waals surface area contributed by atoms with Gasteiger partial charge in [0.1, 0.15) is 11.5 Å². The van der Waals surface area contributed by atoms with E-state index in [9.17, 15) is 10.1 Å². The smallest absolute Gasteiger partial charge is 0.273 e. The van der Waals surface area contributed by atoms with Gasteiger partial charge in [-0.05, 0) is 31.2 Å². The molecule has 1 aromatic heterocycles. The van der Waals surface area contributed by atoms with Crippen LogP contribution in [-0.2, 0) is 5.33 Å². The van der Waals surface area contributed by atoms with Crippen LogP contribution >= 0.6 is 15.9 Å². The maximum absolute atomic E-state index is 10.8. The second-order valence-electron chi connectivity index (χ2n) is 3.87. The Kier molecular flexibility index (Phi) is 4.11. The summed E-state index contributed by atoms with van der Waals surface area (Å²) in [7, 11) is 0. The molecule has 19 heavy (non-hydrogen) atoms. The Bertz CT molecular complexity index is 617. The number of halogens is 1. The Balaban J connectivity index is 2.32. The highest BCUT2D eigenvalue weighted by Crippen LogP contribution is 2.29. The van der Waals surface area contributed by atoms with Gasteiger partial charge in [0.05, 0.1) is 10.6 Å². The minimum Gasteiger partial charge on any atom is -0.455 e. The molecule has 0 bridgehead atoms. The average molecular weight is 323 g/mol. The molecule has 0 spiro atoms. The number of benzene rings is 1. The third kappa shape index (κ3) is 3.08. The first-order valence-electron chi connectivity index (χ1n) is 5.54. The molecule has 0 aliphatic carbocycles. The molecule has 0 fully saturated rings. The largest absolute Gasteiger partial charge is 0.455 e. The van der Waals surface area contributed by atoms with Crippen LogP contribution in [0.25, 0.3) is 0 Å². The van der Waals surface area contributed by atoms with E-state index in [4.69, 9.17) is 4.74 Å². The van der Waals surface area contributed by atoms with E-state index in [-0.39, 0.29) is 5.69 Å². The minimum absolute atomic E-state index is 0.0760. The van der Waals surface area contributed by atoms with E-state index in [1.165, 1.54) is 6.07 Å². The number of nitrogens with zero attached hydrogens (tertiary/aromatic N) is 2. The van der Waals surface area contributed by atoms with Gasteiger partial charge >= 0.3 is 0 Å². The van der Waals surface area contributed by atoms with Crippen LogP contribution in [0.15, 0.2) is 36.5 Å². The van der Waals surface area contributed by atoms with Crippen molar-refractivity contribution in [1.29, 1.82) is 0 Å². The van der Waals surface area contributed by atoms with Crippen molar-refractivity contribution in [3.05, 3.63) is 57.9 Å². The van der Waals surface area contributed by atoms with E-state index in [1.807, 2.05) is 6.92 Å². The lowest BCUT2D eigenvalue weighted by Crippen LogP contribution is -1.95. The first-order valence-corrected chi connectivity index (χ1v) is 6.66. The molecule has 0 saturated heterocycles. The van der Waals surface area contributed by atoms with Crippen molar-refractivity contribution in [3.8, 4) is 11.5 Å². The van der Waals surface area contributed by atoms with Crippen molar-refractivity contribution >= 4 is 21.6 Å². The van der Waals surface area contributed by atoms with E-state index in [0.717, 1.165) is 5.69 Å². The Labute approximate surface area is 118 Å². The Hall–Kier alpha value is -1.95. The van der Waals surface area contributed by atoms with Gasteiger partial charge in [0.25, 0.3) is 5.69 Å². The molecule has 6 heteroatoms. The number of alkyl halides is 1. The summed E-state index contributed by atoms with van der Waals surface area (Å²) in [6.07, 6.45) is 1.68. The minimum atomic E-state index is -0.407. The number of hydrogen-bond donors (Lipinski definition) is 0. The first kappa shape index (κ1) is 13.5. The van der Waals surface area contributed by atoms with Gasteiger partial charge < -0.3 is 4.74 Å². The highest BCUT2D eigenvalue weighted by molar-refractivity contribution is 9.08. The fraction of sp³-hybridized carbons (Fsp3) is 0.154. The van der Waals surface area contributed by atoms with E-state index in [0.29, 0.717) is 22.4 Å². The molecule has 0 N–H and O–H groups in total. The summed E-state index contributed by atoms with van der Waals surface area (Å²) in [6.45, 7) is 1.84. The van der Waals surface area contributed by atoms with Crippen molar-refractivity contribution in [2.24, 2.45) is 0 Å². The topological polar surface area (TPSA) is 65.3 Å². The fourth-order valence-corrected chi connectivity index (χ4v) is 2.06. The molecule has 1 aromatic carbocycles. The lowest BCUT2D eigenvalue weighted by Gasteiger charge is -2.08. The maximum Gasteiger partial charge on any atom is 0.273 e. The van der Waals surface area contributed by atoms with Crippen LogP contribution in [0.5, 0.6) is 11.5 Å². The number of nitro groups is 1. The molecular weight excluding hydrogens is 312 g/mol. The van der Waals surface area contributed by atoms with Gasteiger partial charge in [0.15, 0.2) is 0 Å². The molecule has 2 aromatic rings. The van der Waals surface area contributed by atoms with Crippen LogP contribution in [-0.4, -0.2) is 9.91 Å². The Morgan fingerprint density at radius 3 is 2.84 bits per heavy atom. The second-order valence-corrected chi connectivity index (χ2v) is 4.43. The van der Waals surface area contributed by atoms with Gasteiger partial charge in [-0.1, -0.05) is 15.9 Å². The van der Waals surface area contributed by atoms with E-state index < -0.39 is 4.92 Å². The molecule has 2 rings (SSSR count). The SMILES string of the molecule is Cc1ncccc1Oc1ccc([N+](=O)[O-])c(CBr)c1. The van der Waals surface area contributed by atoms with Crippen molar-refractivity contribution in [2.45, 2.75) is 12.3 Å². The number of nitro benzene ring substituents is 1. The Morgan fingerprint density at radius 1 is 1.42 bits per heavy atom. The summed E-state index contributed by atoms with van der Waals surface area (Å²) in [5.41, 5.74) is 1.41. The first-order chi connectivity index (χ1) is 9.11. The lowest BCUT2D eigenvalue weighted by molar-refractivity contribution is -0.385. The predicted molar refractivity (Wildman–Crippen MR) is 74.8 cm³/mol. The third-order valence-corrected chi connectivity index (χ3v) is 3.18. The van der Waals surface area contributed by atoms with Gasteiger partial charge in [-0.25, -0.2) is 0 Å². The average Bonchev–Trinajstić information content (AvgIpc) is 2.41. The van der Waals surface area contributed by atoms with Crippen molar-refractivity contribution < 1.29 is 9.66 Å². The monoisotopic (exact) mass is 322 g/mol. The van der Waals surface area contributed by atoms with E-state index in [1.54, 1.807) is 30.5 Å². The highest BCUT2D eigenvalue weighted by atomic mass is 79.9. The van der Waals surface area contributed by atoms with Crippen LogP contribution in [0.3, 0.4) is 0 Å². The lowest BCUT2D eigenvalue weighted by atomic mass is 10.2. The van der Waals surface area contributed by atoms with Crippen LogP contribution in [0.4, 0.5) is 5.69 Å². The standard InChI is InChI=1S/C13H11BrN2O3/c1-9-13(3-2-6-15-9)19-11-4-5-12(16(17)18)10(7-11)8-14/h2-7H,8H2,1H3. The number of ether oxygens (including phenoxy) is 1. The van der Waals surface area contributed by atoms with Gasteiger partial charge in [0.2, 0.25) is 0 Å². The molecule has 0 aliphatic rings. The normalized spacial score (nSPS) is 10.2. The summed E-state index contributed by atoms with van der Waals surface area (Å²) in [6, 6.07) is 8.25. The number of pyridine rings is 1. The van der Waals surface area contributed by atoms with Gasteiger partial charge in [-0.3, -0.25) is 15.1 Å². The summed E-state index contributed by atoms with van der Waals surface area (Å²) in [5.74, 6) is 1.19. The summed E-state index contributed by atoms with van der Waals surface area (Å²) < 4.78 is 5.68. The predicted octanol–water partition coefficient (Wildman–Crippen LogP) is 3.99. The van der Waals surface area contributed by atoms with Crippen molar-refractivity contribution in [3.63, 3.8) is 0 Å². The Morgan fingerprint density at radius 2 is 2.21 bits per heavy atom. The molecule has 0 aliphatic heterocycles. The second kappa shape index (κ2) is 5.79. The van der Waals surface area contributed by atoms with Crippen LogP contribution < -0.4 is 4.74 Å². The van der Waals surface area contributed by atoms with E-state index >= 15 is 0 Å². The van der Waals surface area contributed by atoms with E-state index in [2.05, 4.69) is 20.9 Å². The van der Waals surface area contributed by atoms with Crippen molar-refractivity contribution in [2.75, 3.05) is 0 Å². The number of hydrogen-bond acceptors (Lipinski definition) is 4. The van der Waals surface area contributed by atoms with Crippen LogP contribution in [0.2, 0.25) is 0 Å². The number of aromatic nitrogens is 1. The summed E-state index contributed by atoms with van der Waals surface area (Å²) in [4.78, 5) is 14.6. The van der Waals surface area contributed by atoms with Crippen LogP contribution in [0, 0.1) is 17.0 Å². The maximum atomic E-state index is 10.8. The molecule has 0 saturated carbocycles. The summed E-state index contributed by atoms with van der Waals surface area (Å²) in [5, 5.41) is 11.2. The molecule has 98 valence electrons. The quantitative estimate of drug-likeness (QED) is 0.485. The molecular formula is C13H11BrN2O3. The molecule has 0 atom stereocenters. The molecule has 5 nitrogen and oxygen atoms in total. The fourth-order valence-electron chi connectivity index (χ4n) is 1.61. The zero-order chi connectivity index (χ0) is 13.8. The zero-order valence-corrected chi connectivity index (χ0v) is 11.8. The molecule has 0 amide bonds. The number of rotatable bonds is 4. The molecule has 0 unspecified atom stereocenters. The number of aryl methyl sites for hydroxylation is 1. The highest BCUT2D eigenvalue weighted by Gasteiger charge is 2.14. The van der Waals surface area contributed by atoms with Gasteiger partial charge in [-0.15, -0.1) is 0 Å². The van der Waals surface area contributed by atoms with Crippen LogP contribution in [0.1, 0.15) is 11.3 Å². The third-order valence-electron chi connectivity index (χ3n) is 2.58. The molecule has 0 radical (unpaired) electrons. The molecule has 1 heterocycles. The van der Waals surface area contributed by atoms with Gasteiger partial charge in [-0.2, -0.15) is 0 Å². The van der Waals surface area contributed by atoms with Crippen molar-refractivity contribution in [1.82, 2.24) is 4.98 Å². The zero-order valence-electron chi connectivity index (χ0n) is 10.2. The summed E-state index contributed by atoms with van der Waals surface area (Å²) >= 11 is 3.24.